The topological polar surface area (TPSA) is 256 Å². The average Bonchev–Trinajstić information content (AvgIpc) is 3.09. The molecule has 1 aromatic rings. The highest BCUT2D eigenvalue weighted by molar-refractivity contribution is 5.98. The number of amides is 4. The first kappa shape index (κ1) is 44.6. The molecule has 4 amide bonds. The van der Waals surface area contributed by atoms with E-state index in [1.54, 1.807) is 32.9 Å². The van der Waals surface area contributed by atoms with Gasteiger partial charge >= 0.3 is 5.97 Å². The zero-order valence-electron chi connectivity index (χ0n) is 32.2. The molecule has 0 heterocycles. The van der Waals surface area contributed by atoms with Gasteiger partial charge in [0.25, 0.3) is 0 Å². The highest BCUT2D eigenvalue weighted by Crippen LogP contribution is 2.40. The molecule has 2 rings (SSSR count). The second-order valence-corrected chi connectivity index (χ2v) is 15.4. The van der Waals surface area contributed by atoms with E-state index in [0.717, 1.165) is 5.56 Å². The van der Waals surface area contributed by atoms with Gasteiger partial charge in [-0.25, -0.2) is 0 Å². The van der Waals surface area contributed by atoms with Crippen LogP contribution in [0, 0.1) is 12.3 Å². The van der Waals surface area contributed by atoms with E-state index in [9.17, 15) is 33.9 Å². The zero-order valence-corrected chi connectivity index (χ0v) is 32.2. The van der Waals surface area contributed by atoms with Gasteiger partial charge < -0.3 is 47.9 Å². The van der Waals surface area contributed by atoms with Gasteiger partial charge in [0.15, 0.2) is 11.7 Å². The first-order valence-electron chi connectivity index (χ1n) is 18.0. The predicted octanol–water partition coefficient (Wildman–Crippen LogP) is 0.0133. The molecule has 1 aromatic carbocycles. The summed E-state index contributed by atoms with van der Waals surface area (Å²) < 4.78 is 5.34. The molecule has 0 saturated heterocycles. The van der Waals surface area contributed by atoms with Gasteiger partial charge in [-0.1, -0.05) is 43.7 Å². The summed E-state index contributed by atoms with van der Waals surface area (Å²) >= 11 is 0. The quantitative estimate of drug-likeness (QED) is 0.0430. The van der Waals surface area contributed by atoms with Crippen molar-refractivity contribution < 1.29 is 38.6 Å². The summed E-state index contributed by atoms with van der Waals surface area (Å²) in [7, 11) is 1.53. The van der Waals surface area contributed by atoms with Gasteiger partial charge in [-0.15, -0.1) is 0 Å². The number of aryl methyl sites for hydroxylation is 1. The summed E-state index contributed by atoms with van der Waals surface area (Å²) in [5, 5.41) is 23.5. The van der Waals surface area contributed by atoms with Crippen molar-refractivity contribution in [2.45, 2.75) is 122 Å². The predicted molar refractivity (Wildman–Crippen MR) is 200 cm³/mol. The summed E-state index contributed by atoms with van der Waals surface area (Å²) in [5.41, 5.74) is 10.5. The normalized spacial score (nSPS) is 17.0. The molecule has 0 spiro atoms. The Labute approximate surface area is 312 Å². The molecule has 53 heavy (non-hydrogen) atoms. The number of aliphatic hydroxyl groups excluding tert-OH is 1. The van der Waals surface area contributed by atoms with Crippen molar-refractivity contribution in [1.29, 1.82) is 0 Å². The van der Waals surface area contributed by atoms with Gasteiger partial charge in [-0.2, -0.15) is 0 Å². The minimum Gasteiger partial charge on any atom is -0.460 e. The Morgan fingerprint density at radius 2 is 1.55 bits per heavy atom. The number of benzene rings is 1. The molecule has 3 atom stereocenters. The van der Waals surface area contributed by atoms with Crippen LogP contribution in [0.2, 0.25) is 0 Å². The molecule has 16 heteroatoms. The summed E-state index contributed by atoms with van der Waals surface area (Å²) in [4.78, 5) is 83.9. The van der Waals surface area contributed by atoms with Crippen molar-refractivity contribution >= 4 is 41.3 Å². The van der Waals surface area contributed by atoms with E-state index in [2.05, 4.69) is 45.4 Å². The SMILES string of the molecule is CN=C(N)NCCC[C@H](NC(=O)CN)C(=O)NC1(C(=O)N[C@H](Cc2ccc(C)cc2)C(=O)N[C@@H](CC(=O)OC(C)(C)C)C(=O)CO)CCC(C)(C)CC1. The molecule has 0 bridgehead atoms. The number of aliphatic imine (C=N–C) groups is 1. The smallest absolute Gasteiger partial charge is 0.308 e. The fourth-order valence-corrected chi connectivity index (χ4v) is 5.85. The summed E-state index contributed by atoms with van der Waals surface area (Å²) in [6, 6.07) is 3.60. The second-order valence-electron chi connectivity index (χ2n) is 15.4. The molecule has 1 saturated carbocycles. The summed E-state index contributed by atoms with van der Waals surface area (Å²) in [5.74, 6) is -3.89. The van der Waals surface area contributed by atoms with Crippen LogP contribution in [0.5, 0.6) is 0 Å². The Bertz CT molecular complexity index is 1460. The van der Waals surface area contributed by atoms with Gasteiger partial charge in [-0.05, 0) is 77.2 Å². The largest absolute Gasteiger partial charge is 0.460 e. The third-order valence-electron chi connectivity index (χ3n) is 9.14. The average molecular weight is 745 g/mol. The van der Waals surface area contributed by atoms with Gasteiger partial charge in [0.05, 0.1) is 13.0 Å². The van der Waals surface area contributed by atoms with Crippen LogP contribution >= 0.6 is 0 Å². The molecule has 1 fully saturated rings. The lowest BCUT2D eigenvalue weighted by atomic mass is 9.68. The summed E-state index contributed by atoms with van der Waals surface area (Å²) in [6.45, 7) is 10.1. The van der Waals surface area contributed by atoms with Crippen molar-refractivity contribution in [3.05, 3.63) is 35.4 Å². The number of nitrogens with zero attached hydrogens (tertiary/aromatic N) is 1. The zero-order chi connectivity index (χ0) is 40.0. The maximum Gasteiger partial charge on any atom is 0.308 e. The Morgan fingerprint density at radius 1 is 0.925 bits per heavy atom. The van der Waals surface area contributed by atoms with Crippen LogP contribution in [0.25, 0.3) is 0 Å². The second kappa shape index (κ2) is 20.0. The van der Waals surface area contributed by atoms with Crippen LogP contribution in [0.3, 0.4) is 0 Å². The van der Waals surface area contributed by atoms with E-state index in [-0.39, 0.29) is 43.6 Å². The molecule has 296 valence electrons. The van der Waals surface area contributed by atoms with Crippen LogP contribution < -0.4 is 38.1 Å². The van der Waals surface area contributed by atoms with E-state index in [0.29, 0.717) is 31.4 Å². The van der Waals surface area contributed by atoms with Crippen molar-refractivity contribution in [1.82, 2.24) is 26.6 Å². The highest BCUT2D eigenvalue weighted by atomic mass is 16.6. The van der Waals surface area contributed by atoms with E-state index < -0.39 is 77.7 Å². The summed E-state index contributed by atoms with van der Waals surface area (Å²) in [6.07, 6.45) is 1.70. The van der Waals surface area contributed by atoms with Crippen molar-refractivity contribution in [3.8, 4) is 0 Å². The van der Waals surface area contributed by atoms with Crippen molar-refractivity contribution in [2.75, 3.05) is 26.7 Å². The lowest BCUT2D eigenvalue weighted by Gasteiger charge is -2.44. The number of guanidine groups is 1. The van der Waals surface area contributed by atoms with Crippen LogP contribution in [-0.2, 0) is 39.9 Å². The van der Waals surface area contributed by atoms with Crippen molar-refractivity contribution in [3.63, 3.8) is 0 Å². The number of hydrogen-bond acceptors (Lipinski definition) is 10. The van der Waals surface area contributed by atoms with Gasteiger partial charge in [0.1, 0.15) is 35.9 Å². The Kier molecular flexibility index (Phi) is 16.9. The number of esters is 1. The third-order valence-corrected chi connectivity index (χ3v) is 9.14. The number of rotatable bonds is 18. The number of carbonyl (C=O) groups excluding carboxylic acids is 6. The first-order valence-corrected chi connectivity index (χ1v) is 18.0. The molecular formula is C37H60N8O8. The van der Waals surface area contributed by atoms with Gasteiger partial charge in [-0.3, -0.25) is 33.8 Å². The number of nitrogens with two attached hydrogens (primary N) is 2. The number of ketones is 1. The fraction of sp³-hybridized carbons (Fsp3) is 0.649. The Morgan fingerprint density at radius 3 is 2.09 bits per heavy atom. The fourth-order valence-electron chi connectivity index (χ4n) is 5.85. The Hall–Kier alpha value is -4.57. The van der Waals surface area contributed by atoms with Gasteiger partial charge in [0, 0.05) is 20.0 Å². The maximum atomic E-state index is 14.5. The van der Waals surface area contributed by atoms with Gasteiger partial charge in [0.2, 0.25) is 23.6 Å². The van der Waals surface area contributed by atoms with E-state index >= 15 is 0 Å². The molecule has 0 aliphatic heterocycles. The molecule has 0 unspecified atom stereocenters. The lowest BCUT2D eigenvalue weighted by molar-refractivity contribution is -0.156. The number of hydrogen-bond donors (Lipinski definition) is 8. The number of carbonyl (C=O) groups is 6. The van der Waals surface area contributed by atoms with Crippen LogP contribution in [0.15, 0.2) is 29.3 Å². The monoisotopic (exact) mass is 744 g/mol. The minimum absolute atomic E-state index is 0.00617. The molecule has 0 radical (unpaired) electrons. The molecule has 1 aliphatic rings. The van der Waals surface area contributed by atoms with E-state index in [1.165, 1.54) is 7.05 Å². The maximum absolute atomic E-state index is 14.5. The Balaban J connectivity index is 2.45. The third kappa shape index (κ3) is 15.1. The van der Waals surface area contributed by atoms with Crippen molar-refractivity contribution in [2.24, 2.45) is 21.9 Å². The van der Waals surface area contributed by atoms with E-state index in [4.69, 9.17) is 16.2 Å². The van der Waals surface area contributed by atoms with Crippen LogP contribution in [-0.4, -0.2) is 102 Å². The molecule has 0 aromatic heterocycles. The standard InChI is InChI=1S/C37H60N8O8/c1-23-10-12-24(13-11-23)19-27(31(50)43-26(28(47)22-46)20-30(49)53-35(2,3)4)44-33(52)37(16-14-36(5,6)15-17-37)45-32(51)25(42-29(48)21-38)9-8-18-41-34(39)40-7/h10-13,25-27,46H,8-9,14-22,38H2,1-7H3,(H,42,48)(H,43,50)(H,44,52)(H,45,51)(H3,39,40,41)/t25-,26-,27+/m0/s1. The lowest BCUT2D eigenvalue weighted by Crippen LogP contribution is -2.66. The van der Waals surface area contributed by atoms with Crippen LogP contribution in [0.1, 0.15) is 90.7 Å². The molecular weight excluding hydrogens is 684 g/mol. The molecule has 1 aliphatic carbocycles. The highest BCUT2D eigenvalue weighted by Gasteiger charge is 2.47. The number of nitrogens with one attached hydrogen (secondary N) is 5. The number of Topliss-reactive ketones (excluding diaryl/α,β-unsaturated/α-hetero) is 1. The number of ether oxygens (including phenoxy) is 1. The van der Waals surface area contributed by atoms with E-state index in [1.807, 2.05) is 19.1 Å². The minimum atomic E-state index is -1.46. The first-order chi connectivity index (χ1) is 24.7. The molecule has 16 nitrogen and oxygen atoms in total. The molecule has 10 N–H and O–H groups in total. The number of aliphatic hydroxyl groups is 1. The van der Waals surface area contributed by atoms with Crippen LogP contribution in [0.4, 0.5) is 0 Å².